The molecular weight excluding hydrogens is 288 g/mol. The van der Waals surface area contributed by atoms with E-state index in [0.29, 0.717) is 12.1 Å². The minimum atomic E-state index is -0.327. The lowest BCUT2D eigenvalue weighted by molar-refractivity contribution is 0.0600. The number of unbranched alkanes of at least 4 members (excludes halogenated alkanes) is 4. The maximum absolute atomic E-state index is 11.4. The van der Waals surface area contributed by atoms with Crippen LogP contribution in [0.15, 0.2) is 24.3 Å². The zero-order valence-corrected chi connectivity index (χ0v) is 14.5. The summed E-state index contributed by atoms with van der Waals surface area (Å²) in [4.78, 5) is 13.5. The van der Waals surface area contributed by atoms with Crippen LogP contribution in [-0.4, -0.2) is 31.1 Å². The molecule has 1 aromatic carbocycles. The van der Waals surface area contributed by atoms with Gasteiger partial charge in [0, 0.05) is 6.54 Å². The minimum Gasteiger partial charge on any atom is -0.465 e. The molecule has 0 heterocycles. The fraction of sp³-hybridized carbons (Fsp3) is 0.579. The molecule has 0 amide bonds. The zero-order valence-electron chi connectivity index (χ0n) is 14.5. The van der Waals surface area contributed by atoms with E-state index in [9.17, 15) is 10.1 Å². The molecule has 4 nitrogen and oxygen atoms in total. The van der Waals surface area contributed by atoms with Crippen molar-refractivity contribution in [3.05, 3.63) is 35.4 Å². The van der Waals surface area contributed by atoms with Gasteiger partial charge in [-0.15, -0.1) is 0 Å². The number of hydrogen-bond acceptors (Lipinski definition) is 4. The van der Waals surface area contributed by atoms with Crippen molar-refractivity contribution in [1.29, 1.82) is 5.26 Å². The van der Waals surface area contributed by atoms with Crippen LogP contribution in [0.3, 0.4) is 0 Å². The number of rotatable bonds is 10. The van der Waals surface area contributed by atoms with Crippen molar-refractivity contribution in [2.45, 2.75) is 58.0 Å². The van der Waals surface area contributed by atoms with Gasteiger partial charge >= 0.3 is 5.97 Å². The number of benzene rings is 1. The van der Waals surface area contributed by atoms with Crippen LogP contribution >= 0.6 is 0 Å². The van der Waals surface area contributed by atoms with Gasteiger partial charge in [0.25, 0.3) is 0 Å². The number of carbonyl (C=O) groups is 1. The summed E-state index contributed by atoms with van der Waals surface area (Å²) in [7, 11) is 3.36. The van der Waals surface area contributed by atoms with Gasteiger partial charge in [-0.25, -0.2) is 4.79 Å². The van der Waals surface area contributed by atoms with Crippen molar-refractivity contribution >= 4 is 5.97 Å². The average molecular weight is 316 g/mol. The molecule has 0 aliphatic heterocycles. The van der Waals surface area contributed by atoms with Gasteiger partial charge in [0.05, 0.1) is 24.8 Å². The molecule has 0 aliphatic rings. The number of nitrogens with zero attached hydrogens (tertiary/aromatic N) is 2. The Morgan fingerprint density at radius 2 is 1.87 bits per heavy atom. The van der Waals surface area contributed by atoms with E-state index in [2.05, 4.69) is 17.9 Å². The van der Waals surface area contributed by atoms with Crippen molar-refractivity contribution in [1.82, 2.24) is 4.90 Å². The molecule has 0 aliphatic carbocycles. The predicted molar refractivity (Wildman–Crippen MR) is 92.0 cm³/mol. The van der Waals surface area contributed by atoms with Gasteiger partial charge in [-0.2, -0.15) is 5.26 Å². The summed E-state index contributed by atoms with van der Waals surface area (Å²) in [5.41, 5.74) is 1.64. The maximum Gasteiger partial charge on any atom is 0.337 e. The summed E-state index contributed by atoms with van der Waals surface area (Å²) >= 11 is 0. The van der Waals surface area contributed by atoms with E-state index in [0.717, 1.165) is 18.4 Å². The molecule has 1 unspecified atom stereocenters. The van der Waals surface area contributed by atoms with Crippen molar-refractivity contribution in [3.8, 4) is 6.07 Å². The zero-order chi connectivity index (χ0) is 17.1. The highest BCUT2D eigenvalue weighted by atomic mass is 16.5. The summed E-state index contributed by atoms with van der Waals surface area (Å²) < 4.78 is 4.69. The Balaban J connectivity index is 2.47. The second kappa shape index (κ2) is 10.8. The molecule has 0 saturated heterocycles. The van der Waals surface area contributed by atoms with Gasteiger partial charge in [0.2, 0.25) is 0 Å². The summed E-state index contributed by atoms with van der Waals surface area (Å²) in [6, 6.07) is 9.71. The molecule has 0 radical (unpaired) electrons. The third kappa shape index (κ3) is 6.83. The van der Waals surface area contributed by atoms with Crippen LogP contribution < -0.4 is 0 Å². The first-order chi connectivity index (χ1) is 11.1. The Bertz CT molecular complexity index is 505. The van der Waals surface area contributed by atoms with Crippen LogP contribution in [0, 0.1) is 11.3 Å². The van der Waals surface area contributed by atoms with Crippen molar-refractivity contribution < 1.29 is 9.53 Å². The highest BCUT2D eigenvalue weighted by Gasteiger charge is 2.14. The lowest BCUT2D eigenvalue weighted by Gasteiger charge is -2.22. The fourth-order valence-corrected chi connectivity index (χ4v) is 2.59. The Kier molecular flexibility index (Phi) is 9.01. The van der Waals surface area contributed by atoms with E-state index in [1.165, 1.54) is 32.8 Å². The SMILES string of the molecule is CCCCCCCC(C#N)N(C)Cc1ccc(C(=O)OC)cc1. The van der Waals surface area contributed by atoms with Crippen LogP contribution in [0.5, 0.6) is 0 Å². The lowest BCUT2D eigenvalue weighted by Crippen LogP contribution is -2.29. The molecule has 1 rings (SSSR count). The summed E-state index contributed by atoms with van der Waals surface area (Å²) in [6.45, 7) is 2.91. The third-order valence-corrected chi connectivity index (χ3v) is 4.07. The van der Waals surface area contributed by atoms with Crippen LogP contribution in [0.1, 0.15) is 61.4 Å². The summed E-state index contributed by atoms with van der Waals surface area (Å²) in [5, 5.41) is 9.37. The molecule has 126 valence electrons. The summed E-state index contributed by atoms with van der Waals surface area (Å²) in [6.07, 6.45) is 6.99. The lowest BCUT2D eigenvalue weighted by atomic mass is 10.1. The standard InChI is InChI=1S/C19H28N2O2/c1-4-5-6-7-8-9-18(14-20)21(2)15-16-10-12-17(13-11-16)19(22)23-3/h10-13,18H,4-9,15H2,1-3H3. The minimum absolute atomic E-state index is 0.0584. The molecule has 0 N–H and O–H groups in total. The van der Waals surface area contributed by atoms with Crippen LogP contribution in [0.2, 0.25) is 0 Å². The molecule has 1 aromatic rings. The smallest absolute Gasteiger partial charge is 0.337 e. The van der Waals surface area contributed by atoms with Crippen LogP contribution in [-0.2, 0) is 11.3 Å². The number of hydrogen-bond donors (Lipinski definition) is 0. The van der Waals surface area contributed by atoms with Gasteiger partial charge in [-0.3, -0.25) is 4.90 Å². The molecule has 0 fully saturated rings. The van der Waals surface area contributed by atoms with E-state index in [1.807, 2.05) is 19.2 Å². The summed E-state index contributed by atoms with van der Waals surface area (Å²) in [5.74, 6) is -0.327. The Morgan fingerprint density at radius 3 is 2.43 bits per heavy atom. The van der Waals surface area contributed by atoms with Crippen molar-refractivity contribution in [3.63, 3.8) is 0 Å². The van der Waals surface area contributed by atoms with E-state index >= 15 is 0 Å². The van der Waals surface area contributed by atoms with Crippen molar-refractivity contribution in [2.24, 2.45) is 0 Å². The molecule has 4 heteroatoms. The first-order valence-electron chi connectivity index (χ1n) is 8.39. The number of carbonyl (C=O) groups excluding carboxylic acids is 1. The number of esters is 1. The molecule has 0 saturated carbocycles. The van der Waals surface area contributed by atoms with Crippen molar-refractivity contribution in [2.75, 3.05) is 14.2 Å². The average Bonchev–Trinajstić information content (AvgIpc) is 2.58. The van der Waals surface area contributed by atoms with Crippen LogP contribution in [0.4, 0.5) is 0 Å². The first kappa shape index (κ1) is 19.2. The van der Waals surface area contributed by atoms with E-state index < -0.39 is 0 Å². The number of methoxy groups -OCH3 is 1. The number of nitriles is 1. The molecule has 0 aromatic heterocycles. The largest absolute Gasteiger partial charge is 0.465 e. The van der Waals surface area contributed by atoms with Gasteiger partial charge in [0.1, 0.15) is 0 Å². The Morgan fingerprint density at radius 1 is 1.22 bits per heavy atom. The third-order valence-electron chi connectivity index (χ3n) is 4.07. The highest BCUT2D eigenvalue weighted by molar-refractivity contribution is 5.89. The van der Waals surface area contributed by atoms with Gasteiger partial charge < -0.3 is 4.74 Å². The molecular formula is C19H28N2O2. The molecule has 0 spiro atoms. The van der Waals surface area contributed by atoms with E-state index in [4.69, 9.17) is 4.74 Å². The Labute approximate surface area is 140 Å². The van der Waals surface area contributed by atoms with Gasteiger partial charge in [-0.1, -0.05) is 51.2 Å². The normalized spacial score (nSPS) is 12.0. The number of ether oxygens (including phenoxy) is 1. The van der Waals surface area contributed by atoms with E-state index in [1.54, 1.807) is 12.1 Å². The van der Waals surface area contributed by atoms with Gasteiger partial charge in [0.15, 0.2) is 0 Å². The molecule has 23 heavy (non-hydrogen) atoms. The monoisotopic (exact) mass is 316 g/mol. The van der Waals surface area contributed by atoms with Crippen LogP contribution in [0.25, 0.3) is 0 Å². The first-order valence-corrected chi connectivity index (χ1v) is 8.39. The molecule has 0 bridgehead atoms. The predicted octanol–water partition coefficient (Wildman–Crippen LogP) is 4.16. The van der Waals surface area contributed by atoms with Gasteiger partial charge in [-0.05, 0) is 31.2 Å². The van der Waals surface area contributed by atoms with E-state index in [-0.39, 0.29) is 12.0 Å². The molecule has 1 atom stereocenters. The highest BCUT2D eigenvalue weighted by Crippen LogP contribution is 2.14. The maximum atomic E-state index is 11.4. The fourth-order valence-electron chi connectivity index (χ4n) is 2.59. The topological polar surface area (TPSA) is 53.3 Å². The second-order valence-corrected chi connectivity index (χ2v) is 5.95. The quantitative estimate of drug-likeness (QED) is 0.480. The Hall–Kier alpha value is -1.86. The second-order valence-electron chi connectivity index (χ2n) is 5.95.